The van der Waals surface area contributed by atoms with E-state index in [2.05, 4.69) is 26.0 Å². The SMILES string of the molecule is Cc1cccc(C)c1C(N)Cc1ccc(F)cc1Cl. The first-order valence-electron chi connectivity index (χ1n) is 6.24. The van der Waals surface area contributed by atoms with Gasteiger partial charge in [0, 0.05) is 11.1 Å². The number of halogens is 2. The van der Waals surface area contributed by atoms with E-state index in [1.54, 1.807) is 6.07 Å². The van der Waals surface area contributed by atoms with Gasteiger partial charge in [-0.3, -0.25) is 0 Å². The third-order valence-electron chi connectivity index (χ3n) is 3.37. The summed E-state index contributed by atoms with van der Waals surface area (Å²) in [6.07, 6.45) is 0.602. The molecular formula is C16H17ClFN. The standard InChI is InChI=1S/C16H17ClFN/c1-10-4-3-5-11(2)16(10)15(19)8-12-6-7-13(18)9-14(12)17/h3-7,9,15H,8,19H2,1-2H3. The van der Waals surface area contributed by atoms with Crippen molar-refractivity contribution in [2.75, 3.05) is 0 Å². The fourth-order valence-corrected chi connectivity index (χ4v) is 2.68. The van der Waals surface area contributed by atoms with Gasteiger partial charge in [-0.05, 0) is 54.7 Å². The fraction of sp³-hybridized carbons (Fsp3) is 0.250. The monoisotopic (exact) mass is 277 g/mol. The summed E-state index contributed by atoms with van der Waals surface area (Å²) < 4.78 is 13.0. The zero-order chi connectivity index (χ0) is 14.0. The predicted octanol–water partition coefficient (Wildman–Crippen LogP) is 4.34. The maximum atomic E-state index is 13.0. The smallest absolute Gasteiger partial charge is 0.124 e. The van der Waals surface area contributed by atoms with Crippen molar-refractivity contribution < 1.29 is 4.39 Å². The number of nitrogens with two attached hydrogens (primary N) is 1. The van der Waals surface area contributed by atoms with Crippen molar-refractivity contribution in [3.8, 4) is 0 Å². The van der Waals surface area contributed by atoms with Gasteiger partial charge in [0.15, 0.2) is 0 Å². The summed E-state index contributed by atoms with van der Waals surface area (Å²) in [6.45, 7) is 4.10. The normalized spacial score (nSPS) is 12.5. The quantitative estimate of drug-likeness (QED) is 0.887. The Kier molecular flexibility index (Phi) is 4.23. The third-order valence-corrected chi connectivity index (χ3v) is 3.72. The molecule has 0 spiro atoms. The molecule has 100 valence electrons. The first-order chi connectivity index (χ1) is 8.99. The number of hydrogen-bond acceptors (Lipinski definition) is 1. The fourth-order valence-electron chi connectivity index (χ4n) is 2.44. The van der Waals surface area contributed by atoms with Crippen LogP contribution in [0.2, 0.25) is 5.02 Å². The zero-order valence-corrected chi connectivity index (χ0v) is 11.8. The highest BCUT2D eigenvalue weighted by atomic mass is 35.5. The van der Waals surface area contributed by atoms with E-state index in [4.69, 9.17) is 17.3 Å². The van der Waals surface area contributed by atoms with Gasteiger partial charge in [0.25, 0.3) is 0 Å². The molecule has 0 aliphatic carbocycles. The Bertz CT molecular complexity index is 575. The second kappa shape index (κ2) is 5.72. The Morgan fingerprint density at radius 2 is 1.79 bits per heavy atom. The molecule has 0 amide bonds. The Morgan fingerprint density at radius 3 is 2.37 bits per heavy atom. The Hall–Kier alpha value is -1.38. The lowest BCUT2D eigenvalue weighted by Crippen LogP contribution is -2.16. The molecule has 0 bridgehead atoms. The van der Waals surface area contributed by atoms with Crippen molar-refractivity contribution in [1.29, 1.82) is 0 Å². The first-order valence-corrected chi connectivity index (χ1v) is 6.62. The molecule has 0 radical (unpaired) electrons. The van der Waals surface area contributed by atoms with Gasteiger partial charge >= 0.3 is 0 Å². The van der Waals surface area contributed by atoms with Gasteiger partial charge < -0.3 is 5.73 Å². The Morgan fingerprint density at radius 1 is 1.16 bits per heavy atom. The molecule has 0 aromatic heterocycles. The number of hydrogen-bond donors (Lipinski definition) is 1. The number of rotatable bonds is 3. The van der Waals surface area contributed by atoms with Crippen molar-refractivity contribution in [2.24, 2.45) is 5.73 Å². The summed E-state index contributed by atoms with van der Waals surface area (Å²) in [5, 5.41) is 0.432. The van der Waals surface area contributed by atoms with Gasteiger partial charge in [0.1, 0.15) is 5.82 Å². The molecule has 1 unspecified atom stereocenters. The second-order valence-corrected chi connectivity index (χ2v) is 5.26. The summed E-state index contributed by atoms with van der Waals surface area (Å²) in [4.78, 5) is 0. The number of aryl methyl sites for hydroxylation is 2. The summed E-state index contributed by atoms with van der Waals surface area (Å²) in [6, 6.07) is 10.4. The highest BCUT2D eigenvalue weighted by Crippen LogP contribution is 2.26. The van der Waals surface area contributed by atoms with Crippen LogP contribution in [0.1, 0.15) is 28.3 Å². The van der Waals surface area contributed by atoms with Gasteiger partial charge in [0.2, 0.25) is 0 Å². The Labute approximate surface area is 118 Å². The number of benzene rings is 2. The summed E-state index contributed by atoms with van der Waals surface area (Å²) in [5.74, 6) is -0.325. The largest absolute Gasteiger partial charge is 0.324 e. The lowest BCUT2D eigenvalue weighted by atomic mass is 9.92. The molecule has 0 heterocycles. The van der Waals surface area contributed by atoms with E-state index in [0.29, 0.717) is 11.4 Å². The van der Waals surface area contributed by atoms with Crippen LogP contribution >= 0.6 is 11.6 Å². The minimum atomic E-state index is -0.325. The topological polar surface area (TPSA) is 26.0 Å². The van der Waals surface area contributed by atoms with Crippen LogP contribution in [-0.4, -0.2) is 0 Å². The molecule has 19 heavy (non-hydrogen) atoms. The average molecular weight is 278 g/mol. The van der Waals surface area contributed by atoms with Gasteiger partial charge in [-0.1, -0.05) is 35.9 Å². The lowest BCUT2D eigenvalue weighted by Gasteiger charge is -2.18. The molecule has 0 fully saturated rings. The molecule has 2 N–H and O–H groups in total. The van der Waals surface area contributed by atoms with E-state index in [1.807, 2.05) is 6.07 Å². The van der Waals surface area contributed by atoms with Gasteiger partial charge in [0.05, 0.1) is 0 Å². The molecule has 0 saturated heterocycles. The van der Waals surface area contributed by atoms with Crippen molar-refractivity contribution in [3.63, 3.8) is 0 Å². The van der Waals surface area contributed by atoms with Crippen LogP contribution in [0.4, 0.5) is 4.39 Å². The summed E-state index contributed by atoms with van der Waals surface area (Å²) in [5.41, 5.74) is 10.6. The molecule has 1 nitrogen and oxygen atoms in total. The molecule has 0 saturated carbocycles. The summed E-state index contributed by atoms with van der Waals surface area (Å²) in [7, 11) is 0. The summed E-state index contributed by atoms with van der Waals surface area (Å²) >= 11 is 6.05. The molecule has 3 heteroatoms. The molecule has 1 atom stereocenters. The van der Waals surface area contributed by atoms with E-state index >= 15 is 0 Å². The molecular weight excluding hydrogens is 261 g/mol. The highest BCUT2D eigenvalue weighted by molar-refractivity contribution is 6.31. The van der Waals surface area contributed by atoms with Gasteiger partial charge in [-0.2, -0.15) is 0 Å². The van der Waals surface area contributed by atoms with Crippen molar-refractivity contribution >= 4 is 11.6 Å². The van der Waals surface area contributed by atoms with E-state index in [0.717, 1.165) is 11.1 Å². The predicted molar refractivity (Wildman–Crippen MR) is 78.0 cm³/mol. The molecule has 2 rings (SSSR count). The third kappa shape index (κ3) is 3.14. The van der Waals surface area contributed by atoms with Crippen LogP contribution in [0.5, 0.6) is 0 Å². The van der Waals surface area contributed by atoms with Crippen LogP contribution in [0.15, 0.2) is 36.4 Å². The highest BCUT2D eigenvalue weighted by Gasteiger charge is 2.14. The maximum Gasteiger partial charge on any atom is 0.124 e. The molecule has 0 aliphatic rings. The van der Waals surface area contributed by atoms with Crippen LogP contribution < -0.4 is 5.73 Å². The molecule has 2 aromatic carbocycles. The van der Waals surface area contributed by atoms with E-state index in [1.165, 1.54) is 23.3 Å². The van der Waals surface area contributed by atoms with Crippen molar-refractivity contribution in [3.05, 3.63) is 69.5 Å². The van der Waals surface area contributed by atoms with Gasteiger partial charge in [-0.25, -0.2) is 4.39 Å². The maximum absolute atomic E-state index is 13.0. The van der Waals surface area contributed by atoms with E-state index in [-0.39, 0.29) is 11.9 Å². The first kappa shape index (κ1) is 14.0. The van der Waals surface area contributed by atoms with Crippen LogP contribution in [0, 0.1) is 19.7 Å². The van der Waals surface area contributed by atoms with Crippen molar-refractivity contribution in [2.45, 2.75) is 26.3 Å². The minimum absolute atomic E-state index is 0.135. The van der Waals surface area contributed by atoms with Crippen LogP contribution in [-0.2, 0) is 6.42 Å². The second-order valence-electron chi connectivity index (χ2n) is 4.85. The average Bonchev–Trinajstić information content (AvgIpc) is 2.32. The molecule has 2 aromatic rings. The minimum Gasteiger partial charge on any atom is -0.324 e. The van der Waals surface area contributed by atoms with Crippen molar-refractivity contribution in [1.82, 2.24) is 0 Å². The van der Waals surface area contributed by atoms with E-state index < -0.39 is 0 Å². The molecule has 0 aliphatic heterocycles. The van der Waals surface area contributed by atoms with Gasteiger partial charge in [-0.15, -0.1) is 0 Å². The van der Waals surface area contributed by atoms with E-state index in [9.17, 15) is 4.39 Å². The zero-order valence-electron chi connectivity index (χ0n) is 11.1. The Balaban J connectivity index is 2.28. The lowest BCUT2D eigenvalue weighted by molar-refractivity contribution is 0.625. The van der Waals surface area contributed by atoms with Crippen LogP contribution in [0.25, 0.3) is 0 Å². The van der Waals surface area contributed by atoms with Crippen LogP contribution in [0.3, 0.4) is 0 Å².